The molecule has 2 unspecified atom stereocenters. The van der Waals surface area contributed by atoms with E-state index in [0.29, 0.717) is 5.75 Å². The van der Waals surface area contributed by atoms with Gasteiger partial charge in [-0.2, -0.15) is 0 Å². The number of hydrogen-bond acceptors (Lipinski definition) is 2. The van der Waals surface area contributed by atoms with Gasteiger partial charge in [-0.15, -0.1) is 0 Å². The second kappa shape index (κ2) is 5.57. The lowest BCUT2D eigenvalue weighted by Crippen LogP contribution is -2.32. The Balaban J connectivity index is 2.20. The van der Waals surface area contributed by atoms with Gasteiger partial charge in [-0.25, -0.2) is 4.39 Å². The SMILES string of the molecule is COc1ccc(CC2(CBr)CCOC2C)cc1F. The molecule has 2 rings (SSSR count). The van der Waals surface area contributed by atoms with Crippen LogP contribution >= 0.6 is 15.9 Å². The Labute approximate surface area is 116 Å². The van der Waals surface area contributed by atoms with E-state index in [4.69, 9.17) is 9.47 Å². The van der Waals surface area contributed by atoms with E-state index in [-0.39, 0.29) is 17.3 Å². The highest BCUT2D eigenvalue weighted by Gasteiger charge is 2.40. The van der Waals surface area contributed by atoms with Crippen molar-refractivity contribution in [2.75, 3.05) is 19.0 Å². The Morgan fingerprint density at radius 3 is 2.83 bits per heavy atom. The molecule has 1 aromatic carbocycles. The van der Waals surface area contributed by atoms with Crippen molar-refractivity contribution in [2.24, 2.45) is 5.41 Å². The topological polar surface area (TPSA) is 18.5 Å². The molecule has 1 aliphatic heterocycles. The number of ether oxygens (including phenoxy) is 2. The zero-order valence-corrected chi connectivity index (χ0v) is 12.3. The van der Waals surface area contributed by atoms with E-state index in [9.17, 15) is 4.39 Å². The molecule has 1 saturated heterocycles. The number of methoxy groups -OCH3 is 1. The predicted octanol–water partition coefficient (Wildman–Crippen LogP) is 3.57. The van der Waals surface area contributed by atoms with Crippen molar-refractivity contribution in [2.45, 2.75) is 25.9 Å². The summed E-state index contributed by atoms with van der Waals surface area (Å²) in [6.45, 7) is 2.87. The van der Waals surface area contributed by atoms with Crippen molar-refractivity contribution in [1.82, 2.24) is 0 Å². The van der Waals surface area contributed by atoms with Crippen molar-refractivity contribution in [1.29, 1.82) is 0 Å². The normalized spacial score (nSPS) is 27.4. The van der Waals surface area contributed by atoms with Crippen LogP contribution in [-0.4, -0.2) is 25.2 Å². The Morgan fingerprint density at radius 2 is 2.33 bits per heavy atom. The zero-order chi connectivity index (χ0) is 13.2. The summed E-state index contributed by atoms with van der Waals surface area (Å²) in [6.07, 6.45) is 2.02. The van der Waals surface area contributed by atoms with Gasteiger partial charge in [0.25, 0.3) is 0 Å². The molecule has 0 radical (unpaired) electrons. The fourth-order valence-corrected chi connectivity index (χ4v) is 3.43. The third kappa shape index (κ3) is 2.54. The van der Waals surface area contributed by atoms with Crippen LogP contribution < -0.4 is 4.74 Å². The molecule has 18 heavy (non-hydrogen) atoms. The minimum absolute atomic E-state index is 0.0705. The summed E-state index contributed by atoms with van der Waals surface area (Å²) in [5.41, 5.74) is 1.06. The minimum Gasteiger partial charge on any atom is -0.494 e. The molecule has 100 valence electrons. The summed E-state index contributed by atoms with van der Waals surface area (Å²) in [5.74, 6) is -0.00588. The van der Waals surface area contributed by atoms with E-state index in [1.165, 1.54) is 7.11 Å². The summed E-state index contributed by atoms with van der Waals surface area (Å²) < 4.78 is 24.3. The van der Waals surface area contributed by atoms with E-state index >= 15 is 0 Å². The molecule has 4 heteroatoms. The highest BCUT2D eigenvalue weighted by atomic mass is 79.9. The maximum Gasteiger partial charge on any atom is 0.165 e. The average molecular weight is 317 g/mol. The van der Waals surface area contributed by atoms with Crippen LogP contribution in [0.15, 0.2) is 18.2 Å². The molecule has 1 fully saturated rings. The van der Waals surface area contributed by atoms with E-state index in [1.54, 1.807) is 12.1 Å². The molecular formula is C14H18BrFO2. The molecule has 2 nitrogen and oxygen atoms in total. The quantitative estimate of drug-likeness (QED) is 0.791. The molecule has 0 spiro atoms. The first kappa shape index (κ1) is 13.8. The molecule has 1 aromatic rings. The van der Waals surface area contributed by atoms with Crippen molar-refractivity contribution < 1.29 is 13.9 Å². The van der Waals surface area contributed by atoms with Crippen LogP contribution in [0, 0.1) is 11.2 Å². The largest absolute Gasteiger partial charge is 0.494 e. The van der Waals surface area contributed by atoms with Crippen LogP contribution in [0.25, 0.3) is 0 Å². The van der Waals surface area contributed by atoms with Gasteiger partial charge in [-0.05, 0) is 37.5 Å². The molecule has 0 N–H and O–H groups in total. The zero-order valence-electron chi connectivity index (χ0n) is 10.7. The summed E-state index contributed by atoms with van der Waals surface area (Å²) in [6, 6.07) is 5.18. The second-order valence-corrected chi connectivity index (χ2v) is 5.47. The maximum atomic E-state index is 13.7. The van der Waals surface area contributed by atoms with Gasteiger partial charge < -0.3 is 9.47 Å². The van der Waals surface area contributed by atoms with Gasteiger partial charge in [0.2, 0.25) is 0 Å². The van der Waals surface area contributed by atoms with Gasteiger partial charge in [0, 0.05) is 17.4 Å². The molecule has 0 amide bonds. The van der Waals surface area contributed by atoms with E-state index in [2.05, 4.69) is 22.9 Å². The smallest absolute Gasteiger partial charge is 0.165 e. The van der Waals surface area contributed by atoms with Crippen molar-refractivity contribution in [3.05, 3.63) is 29.6 Å². The fourth-order valence-electron chi connectivity index (χ4n) is 2.50. The number of rotatable bonds is 4. The number of halogens is 2. The molecule has 0 bridgehead atoms. The highest BCUT2D eigenvalue weighted by Crippen LogP contribution is 2.40. The summed E-state index contributed by atoms with van der Waals surface area (Å²) in [5, 5.41) is 0.870. The van der Waals surface area contributed by atoms with Gasteiger partial charge in [0.1, 0.15) is 0 Å². The van der Waals surface area contributed by atoms with Gasteiger partial charge in [-0.3, -0.25) is 0 Å². The lowest BCUT2D eigenvalue weighted by atomic mass is 9.78. The van der Waals surface area contributed by atoms with Gasteiger partial charge in [-0.1, -0.05) is 22.0 Å². The van der Waals surface area contributed by atoms with Crippen LogP contribution in [0.5, 0.6) is 5.75 Å². The Bertz CT molecular complexity index is 424. The lowest BCUT2D eigenvalue weighted by Gasteiger charge is -2.30. The van der Waals surface area contributed by atoms with Crippen LogP contribution in [0.4, 0.5) is 4.39 Å². The first-order valence-electron chi connectivity index (χ1n) is 6.11. The van der Waals surface area contributed by atoms with Crippen molar-refractivity contribution in [3.63, 3.8) is 0 Å². The van der Waals surface area contributed by atoms with Crippen LogP contribution in [0.3, 0.4) is 0 Å². The van der Waals surface area contributed by atoms with E-state index < -0.39 is 0 Å². The number of alkyl halides is 1. The molecule has 1 aliphatic rings. The first-order valence-corrected chi connectivity index (χ1v) is 7.23. The summed E-state index contributed by atoms with van der Waals surface area (Å²) >= 11 is 3.58. The third-order valence-corrected chi connectivity index (χ3v) is 4.99. The Morgan fingerprint density at radius 1 is 1.56 bits per heavy atom. The number of hydrogen-bond donors (Lipinski definition) is 0. The first-order chi connectivity index (χ1) is 8.61. The maximum absolute atomic E-state index is 13.7. The second-order valence-electron chi connectivity index (χ2n) is 4.90. The monoisotopic (exact) mass is 316 g/mol. The van der Waals surface area contributed by atoms with E-state index in [1.807, 2.05) is 6.07 Å². The predicted molar refractivity (Wildman–Crippen MR) is 72.9 cm³/mol. The van der Waals surface area contributed by atoms with Crippen molar-refractivity contribution >= 4 is 15.9 Å². The summed E-state index contributed by atoms with van der Waals surface area (Å²) in [7, 11) is 1.48. The molecule has 0 saturated carbocycles. The third-order valence-electron chi connectivity index (χ3n) is 3.87. The van der Waals surface area contributed by atoms with Crippen LogP contribution in [0.2, 0.25) is 0 Å². The van der Waals surface area contributed by atoms with Gasteiger partial charge in [0.05, 0.1) is 13.2 Å². The highest BCUT2D eigenvalue weighted by molar-refractivity contribution is 9.09. The molecule has 0 aliphatic carbocycles. The van der Waals surface area contributed by atoms with Crippen molar-refractivity contribution in [3.8, 4) is 5.75 Å². The standard InChI is InChI=1S/C14H18BrFO2/c1-10-14(9-15,5-6-18-10)8-11-3-4-13(17-2)12(16)7-11/h3-4,7,10H,5-6,8-9H2,1-2H3. The summed E-state index contributed by atoms with van der Waals surface area (Å²) in [4.78, 5) is 0. The molecular weight excluding hydrogens is 299 g/mol. The van der Waals surface area contributed by atoms with Crippen LogP contribution in [0.1, 0.15) is 18.9 Å². The lowest BCUT2D eigenvalue weighted by molar-refractivity contribution is 0.0746. The average Bonchev–Trinajstić information content (AvgIpc) is 2.72. The Hall–Kier alpha value is -0.610. The van der Waals surface area contributed by atoms with Gasteiger partial charge in [0.15, 0.2) is 11.6 Å². The molecule has 2 atom stereocenters. The number of benzene rings is 1. The van der Waals surface area contributed by atoms with E-state index in [0.717, 1.165) is 30.3 Å². The minimum atomic E-state index is -0.300. The fraction of sp³-hybridized carbons (Fsp3) is 0.571. The molecule has 0 aromatic heterocycles. The molecule has 1 heterocycles. The van der Waals surface area contributed by atoms with Crippen LogP contribution in [-0.2, 0) is 11.2 Å². The Kier molecular flexibility index (Phi) is 4.28. The van der Waals surface area contributed by atoms with Gasteiger partial charge >= 0.3 is 0 Å².